The minimum absolute atomic E-state index is 0.229. The summed E-state index contributed by atoms with van der Waals surface area (Å²) in [7, 11) is 0. The van der Waals surface area contributed by atoms with Crippen molar-refractivity contribution in [3.05, 3.63) is 76.0 Å². The Morgan fingerprint density at radius 2 is 1.21 bits per heavy atom. The number of pyridine rings is 1. The number of halogens is 2. The second-order valence-corrected chi connectivity index (χ2v) is 9.45. The molecule has 0 aliphatic heterocycles. The van der Waals surface area contributed by atoms with Gasteiger partial charge >= 0.3 is 31.0 Å². The molecule has 1 heterocycles. The summed E-state index contributed by atoms with van der Waals surface area (Å²) in [6, 6.07) is 13.9. The molecule has 29 heavy (non-hydrogen) atoms. The topological polar surface area (TPSA) is 83.7 Å². The molecule has 0 N–H and O–H groups in total. The van der Waals surface area contributed by atoms with Gasteiger partial charge in [-0.25, -0.2) is 4.98 Å². The van der Waals surface area contributed by atoms with Gasteiger partial charge in [-0.2, -0.15) is 0 Å². The molecule has 0 fully saturated rings. The largest absolute Gasteiger partial charge is 0.871 e. The maximum Gasteiger partial charge on any atom is 0.0820 e. The van der Waals surface area contributed by atoms with Crippen molar-refractivity contribution in [3.63, 3.8) is 0 Å². The molecule has 0 spiro atoms. The number of benzene rings is 2. The number of aliphatic imine (C=N–C) groups is 2. The van der Waals surface area contributed by atoms with E-state index in [9.17, 15) is 10.2 Å². The Hall–Kier alpha value is -2.09. The van der Waals surface area contributed by atoms with E-state index in [1.54, 1.807) is 18.2 Å². The van der Waals surface area contributed by atoms with Gasteiger partial charge < -0.3 is 10.2 Å². The Morgan fingerprint density at radius 3 is 1.62 bits per heavy atom. The first-order valence-electron chi connectivity index (χ1n) is 8.49. The molecular weight excluding hydrogens is 516 g/mol. The normalized spacial score (nSPS) is 10.6. The minimum atomic E-state index is -0.229. The van der Waals surface area contributed by atoms with E-state index in [1.807, 2.05) is 0 Å². The van der Waals surface area contributed by atoms with Crippen molar-refractivity contribution >= 4 is 68.1 Å². The van der Waals surface area contributed by atoms with Crippen LogP contribution in [0, 0.1) is 0 Å². The molecule has 1 aromatic heterocycles. The summed E-state index contributed by atoms with van der Waals surface area (Å²) in [6.45, 7) is 0. The van der Waals surface area contributed by atoms with Crippen LogP contribution in [-0.4, -0.2) is 38.6 Å². The van der Waals surface area contributed by atoms with Gasteiger partial charge in [-0.1, -0.05) is 52.9 Å². The number of hydrogen-bond acceptors (Lipinski definition) is 5. The third kappa shape index (κ3) is 7.68. The quantitative estimate of drug-likeness (QED) is 0.356. The second-order valence-electron chi connectivity index (χ2n) is 5.73. The van der Waals surface area contributed by atoms with Crippen LogP contribution in [0.2, 0.25) is 19.9 Å². The van der Waals surface area contributed by atoms with E-state index in [2.05, 4.69) is 24.8 Å². The molecule has 5 nitrogen and oxygen atoms in total. The van der Waals surface area contributed by atoms with E-state index in [0.717, 1.165) is 0 Å². The minimum Gasteiger partial charge on any atom is -0.871 e. The summed E-state index contributed by atoms with van der Waals surface area (Å²) in [6.07, 6.45) is 2.92. The zero-order valence-corrected chi connectivity index (χ0v) is 20.1. The summed E-state index contributed by atoms with van der Waals surface area (Å²) in [5, 5.41) is 24.3. The molecule has 0 radical (unpaired) electrons. The molecule has 3 rings (SSSR count). The van der Waals surface area contributed by atoms with Crippen LogP contribution in [0.25, 0.3) is 0 Å². The smallest absolute Gasteiger partial charge is 0.0820 e. The SMILES string of the molecule is [CH3][Sn+2][CH3].[O-]c1ccc(Cl)cc1N=Cc1cccc(C=Nc2cc(Cl)ccc2[O-])n1. The standard InChI is InChI=1S/C19H13Cl2N3O2.2CH3.Sn/c20-12-4-6-18(25)16(8-12)22-10-14-2-1-3-15(24-14)11-23-17-9-13(21)5-7-19(17)26;;;/h1-11,25-26H;2*1H3;/q;;;+2/p-2. The van der Waals surface area contributed by atoms with Gasteiger partial charge in [-0.3, -0.25) is 9.98 Å². The maximum absolute atomic E-state index is 11.7. The van der Waals surface area contributed by atoms with E-state index in [4.69, 9.17) is 23.2 Å². The predicted molar refractivity (Wildman–Crippen MR) is 118 cm³/mol. The van der Waals surface area contributed by atoms with Crippen LogP contribution < -0.4 is 10.2 Å². The number of rotatable bonds is 4. The molecule has 0 unspecified atom stereocenters. The van der Waals surface area contributed by atoms with Crippen molar-refractivity contribution in [2.75, 3.05) is 0 Å². The van der Waals surface area contributed by atoms with Crippen LogP contribution in [-0.2, 0) is 0 Å². The zero-order chi connectivity index (χ0) is 21.2. The van der Waals surface area contributed by atoms with Crippen molar-refractivity contribution < 1.29 is 10.2 Å². The third-order valence-electron chi connectivity index (χ3n) is 3.31. The Morgan fingerprint density at radius 1 is 0.793 bits per heavy atom. The van der Waals surface area contributed by atoms with Crippen LogP contribution in [0.5, 0.6) is 11.5 Å². The van der Waals surface area contributed by atoms with Gasteiger partial charge in [0.15, 0.2) is 0 Å². The summed E-state index contributed by atoms with van der Waals surface area (Å²) >= 11 is 12.0. The molecule has 146 valence electrons. The van der Waals surface area contributed by atoms with Crippen LogP contribution in [0.1, 0.15) is 11.4 Å². The van der Waals surface area contributed by atoms with Crippen molar-refractivity contribution in [1.82, 2.24) is 4.98 Å². The Bertz CT molecular complexity index is 950. The van der Waals surface area contributed by atoms with Gasteiger partial charge in [0.25, 0.3) is 0 Å². The van der Waals surface area contributed by atoms with Crippen molar-refractivity contribution in [3.8, 4) is 11.5 Å². The molecule has 0 aliphatic rings. The van der Waals surface area contributed by atoms with E-state index in [0.29, 0.717) is 21.4 Å². The van der Waals surface area contributed by atoms with Crippen LogP contribution in [0.15, 0.2) is 64.6 Å². The molecule has 3 aromatic rings. The average molecular weight is 533 g/mol. The average Bonchev–Trinajstić information content (AvgIpc) is 2.70. The van der Waals surface area contributed by atoms with E-state index in [-0.39, 0.29) is 44.0 Å². The third-order valence-corrected chi connectivity index (χ3v) is 3.78. The van der Waals surface area contributed by atoms with E-state index < -0.39 is 0 Å². The fourth-order valence-corrected chi connectivity index (χ4v) is 2.40. The Balaban J connectivity index is 0.000000941. The molecule has 0 saturated carbocycles. The first-order valence-corrected chi connectivity index (χ1v) is 15.0. The van der Waals surface area contributed by atoms with Crippen LogP contribution in [0.3, 0.4) is 0 Å². The number of hydrogen-bond donors (Lipinski definition) is 0. The van der Waals surface area contributed by atoms with Gasteiger partial charge in [0.1, 0.15) is 0 Å². The van der Waals surface area contributed by atoms with Crippen molar-refractivity contribution in [1.29, 1.82) is 0 Å². The van der Waals surface area contributed by atoms with E-state index in [1.165, 1.54) is 48.8 Å². The molecular formula is C21H17Cl2N3O2Sn. The van der Waals surface area contributed by atoms with Gasteiger partial charge in [-0.15, -0.1) is 0 Å². The fourth-order valence-electron chi connectivity index (χ4n) is 2.07. The number of nitrogens with zero attached hydrogens (tertiary/aromatic N) is 3. The van der Waals surface area contributed by atoms with Crippen molar-refractivity contribution in [2.45, 2.75) is 9.88 Å². The van der Waals surface area contributed by atoms with Crippen LogP contribution >= 0.6 is 23.2 Å². The maximum atomic E-state index is 11.7. The van der Waals surface area contributed by atoms with Gasteiger partial charge in [0.2, 0.25) is 0 Å². The molecule has 2 aromatic carbocycles. The first-order chi connectivity index (χ1) is 13.9. The monoisotopic (exact) mass is 533 g/mol. The van der Waals surface area contributed by atoms with Gasteiger partial charge in [-0.05, 0) is 36.4 Å². The molecule has 0 bridgehead atoms. The summed E-state index contributed by atoms with van der Waals surface area (Å²) in [5.41, 5.74) is 1.52. The molecule has 0 aliphatic carbocycles. The van der Waals surface area contributed by atoms with Crippen LogP contribution in [0.4, 0.5) is 11.4 Å². The zero-order valence-electron chi connectivity index (χ0n) is 15.8. The van der Waals surface area contributed by atoms with Gasteiger partial charge in [0.05, 0.1) is 35.2 Å². The van der Waals surface area contributed by atoms with E-state index >= 15 is 0 Å². The second kappa shape index (κ2) is 11.8. The van der Waals surface area contributed by atoms with Crippen molar-refractivity contribution in [2.24, 2.45) is 9.98 Å². The summed E-state index contributed by atoms with van der Waals surface area (Å²) in [4.78, 5) is 17.2. The Labute approximate surface area is 190 Å². The molecule has 8 heteroatoms. The molecule has 0 atom stereocenters. The molecule has 0 saturated heterocycles. The van der Waals surface area contributed by atoms with Gasteiger partial charge in [0, 0.05) is 10.0 Å². The summed E-state index contributed by atoms with van der Waals surface area (Å²) in [5.74, 6) is -0.459. The predicted octanol–water partition coefficient (Wildman–Crippen LogP) is 4.82. The molecule has 0 amide bonds. The fraction of sp³-hybridized carbons (Fsp3) is 0.0952. The Kier molecular flexibility index (Phi) is 9.44. The number of aromatic nitrogens is 1. The first kappa shape index (κ1) is 23.2. The summed E-state index contributed by atoms with van der Waals surface area (Å²) < 4.78 is 0.